The molecule has 1 aliphatic rings. The van der Waals surface area contributed by atoms with Gasteiger partial charge in [0.2, 0.25) is 0 Å². The summed E-state index contributed by atoms with van der Waals surface area (Å²) in [6, 6.07) is 16.2. The summed E-state index contributed by atoms with van der Waals surface area (Å²) in [5, 5.41) is 4.51. The number of hydrogen-bond acceptors (Lipinski definition) is 3. The first kappa shape index (κ1) is 19.2. The SMILES string of the molecule is Cc1cc(C)n(-c2ccc(C(=O)N3CCN(c4cccc(C)c4C)CC3)cc2)n1. The van der Waals surface area contributed by atoms with Crippen molar-refractivity contribution in [2.24, 2.45) is 0 Å². The molecule has 0 spiro atoms. The van der Waals surface area contributed by atoms with Crippen molar-refractivity contribution in [1.82, 2.24) is 14.7 Å². The molecule has 0 aliphatic carbocycles. The molecule has 0 saturated carbocycles. The van der Waals surface area contributed by atoms with Gasteiger partial charge in [0.1, 0.15) is 0 Å². The summed E-state index contributed by atoms with van der Waals surface area (Å²) in [4.78, 5) is 17.3. The lowest BCUT2D eigenvalue weighted by atomic mass is 10.1. The first-order chi connectivity index (χ1) is 13.9. The number of aryl methyl sites for hydroxylation is 3. The number of benzene rings is 2. The molecule has 29 heavy (non-hydrogen) atoms. The minimum atomic E-state index is 0.102. The second kappa shape index (κ2) is 7.74. The van der Waals surface area contributed by atoms with Crippen molar-refractivity contribution in [2.45, 2.75) is 27.7 Å². The van der Waals surface area contributed by atoms with Gasteiger partial charge in [0.25, 0.3) is 5.91 Å². The number of carbonyl (C=O) groups is 1. The number of carbonyl (C=O) groups excluding carboxylic acids is 1. The van der Waals surface area contributed by atoms with Crippen molar-refractivity contribution in [1.29, 1.82) is 0 Å². The van der Waals surface area contributed by atoms with Crippen LogP contribution in [-0.2, 0) is 0 Å². The van der Waals surface area contributed by atoms with Crippen molar-refractivity contribution in [3.63, 3.8) is 0 Å². The Morgan fingerprint density at radius 3 is 2.21 bits per heavy atom. The Morgan fingerprint density at radius 2 is 1.59 bits per heavy atom. The van der Waals surface area contributed by atoms with E-state index in [0.717, 1.165) is 48.8 Å². The maximum Gasteiger partial charge on any atom is 0.253 e. The highest BCUT2D eigenvalue weighted by Gasteiger charge is 2.23. The van der Waals surface area contributed by atoms with Crippen LogP contribution in [0.1, 0.15) is 32.9 Å². The molecule has 1 saturated heterocycles. The van der Waals surface area contributed by atoms with Crippen molar-refractivity contribution >= 4 is 11.6 Å². The van der Waals surface area contributed by atoms with Crippen LogP contribution < -0.4 is 4.90 Å². The highest BCUT2D eigenvalue weighted by molar-refractivity contribution is 5.94. The average molecular weight is 389 g/mol. The lowest BCUT2D eigenvalue weighted by Gasteiger charge is -2.37. The quantitative estimate of drug-likeness (QED) is 0.679. The minimum Gasteiger partial charge on any atom is -0.368 e. The topological polar surface area (TPSA) is 41.4 Å². The van der Waals surface area contributed by atoms with E-state index in [9.17, 15) is 4.79 Å². The molecule has 2 heterocycles. The van der Waals surface area contributed by atoms with Crippen molar-refractivity contribution in [3.05, 3.63) is 76.6 Å². The molecule has 0 N–H and O–H groups in total. The summed E-state index contributed by atoms with van der Waals surface area (Å²) >= 11 is 0. The maximum atomic E-state index is 13.0. The fraction of sp³-hybridized carbons (Fsp3) is 0.333. The monoisotopic (exact) mass is 388 g/mol. The largest absolute Gasteiger partial charge is 0.368 e. The van der Waals surface area contributed by atoms with Crippen molar-refractivity contribution in [2.75, 3.05) is 31.1 Å². The summed E-state index contributed by atoms with van der Waals surface area (Å²) in [6.45, 7) is 11.5. The van der Waals surface area contributed by atoms with E-state index in [2.05, 4.69) is 48.1 Å². The van der Waals surface area contributed by atoms with Crippen LogP contribution in [0.15, 0.2) is 48.5 Å². The summed E-state index contributed by atoms with van der Waals surface area (Å²) in [5.74, 6) is 0.102. The first-order valence-corrected chi connectivity index (χ1v) is 10.2. The normalized spacial score (nSPS) is 14.3. The molecule has 150 valence electrons. The number of aromatic nitrogens is 2. The van der Waals surface area contributed by atoms with Gasteiger partial charge >= 0.3 is 0 Å². The summed E-state index contributed by atoms with van der Waals surface area (Å²) in [7, 11) is 0. The van der Waals surface area contributed by atoms with Gasteiger partial charge in [-0.2, -0.15) is 5.10 Å². The Labute approximate surface area is 172 Å². The molecule has 0 atom stereocenters. The zero-order valence-corrected chi connectivity index (χ0v) is 17.6. The molecular formula is C24H28N4O. The molecule has 0 unspecified atom stereocenters. The van der Waals surface area contributed by atoms with Crippen LogP contribution in [0.2, 0.25) is 0 Å². The molecule has 5 nitrogen and oxygen atoms in total. The molecule has 5 heteroatoms. The summed E-state index contributed by atoms with van der Waals surface area (Å²) in [6.07, 6.45) is 0. The first-order valence-electron chi connectivity index (χ1n) is 10.2. The fourth-order valence-electron chi connectivity index (χ4n) is 4.05. The van der Waals surface area contributed by atoms with Gasteiger partial charge in [-0.1, -0.05) is 12.1 Å². The highest BCUT2D eigenvalue weighted by Crippen LogP contribution is 2.24. The molecular weight excluding hydrogens is 360 g/mol. The lowest BCUT2D eigenvalue weighted by Crippen LogP contribution is -2.49. The van der Waals surface area contributed by atoms with Crippen LogP contribution in [0, 0.1) is 27.7 Å². The van der Waals surface area contributed by atoms with Crippen molar-refractivity contribution in [3.8, 4) is 5.69 Å². The van der Waals surface area contributed by atoms with Crippen LogP contribution in [0.5, 0.6) is 0 Å². The zero-order chi connectivity index (χ0) is 20.5. The van der Waals surface area contributed by atoms with E-state index in [0.29, 0.717) is 0 Å². The molecule has 1 fully saturated rings. The van der Waals surface area contributed by atoms with E-state index < -0.39 is 0 Å². The van der Waals surface area contributed by atoms with Crippen LogP contribution in [0.25, 0.3) is 5.69 Å². The number of rotatable bonds is 3. The minimum absolute atomic E-state index is 0.102. The summed E-state index contributed by atoms with van der Waals surface area (Å²) in [5.41, 5.74) is 7.71. The number of nitrogens with zero attached hydrogens (tertiary/aromatic N) is 4. The van der Waals surface area contributed by atoms with E-state index in [4.69, 9.17) is 0 Å². The molecule has 3 aromatic rings. The predicted molar refractivity (Wildman–Crippen MR) is 117 cm³/mol. The van der Waals surface area contributed by atoms with Gasteiger partial charge in [-0.3, -0.25) is 4.79 Å². The van der Waals surface area contributed by atoms with Gasteiger partial charge in [0.15, 0.2) is 0 Å². The van der Waals surface area contributed by atoms with E-state index in [1.807, 2.05) is 47.7 Å². The van der Waals surface area contributed by atoms with E-state index in [1.165, 1.54) is 16.8 Å². The second-order valence-corrected chi connectivity index (χ2v) is 7.88. The third kappa shape index (κ3) is 3.77. The van der Waals surface area contributed by atoms with Gasteiger partial charge in [0.05, 0.1) is 11.4 Å². The number of anilines is 1. The fourth-order valence-corrected chi connectivity index (χ4v) is 4.05. The van der Waals surface area contributed by atoms with E-state index in [-0.39, 0.29) is 5.91 Å². The third-order valence-corrected chi connectivity index (χ3v) is 5.85. The number of piperazine rings is 1. The summed E-state index contributed by atoms with van der Waals surface area (Å²) < 4.78 is 1.91. The van der Waals surface area contributed by atoms with Gasteiger partial charge in [0, 0.05) is 43.1 Å². The second-order valence-electron chi connectivity index (χ2n) is 7.88. The van der Waals surface area contributed by atoms with Crippen LogP contribution in [-0.4, -0.2) is 46.8 Å². The number of hydrogen-bond donors (Lipinski definition) is 0. The Morgan fingerprint density at radius 1 is 0.897 bits per heavy atom. The maximum absolute atomic E-state index is 13.0. The van der Waals surface area contributed by atoms with Crippen LogP contribution >= 0.6 is 0 Å². The van der Waals surface area contributed by atoms with Crippen LogP contribution in [0.3, 0.4) is 0 Å². The van der Waals surface area contributed by atoms with E-state index >= 15 is 0 Å². The van der Waals surface area contributed by atoms with Gasteiger partial charge < -0.3 is 9.80 Å². The van der Waals surface area contributed by atoms with Gasteiger partial charge in [-0.25, -0.2) is 4.68 Å². The van der Waals surface area contributed by atoms with Crippen molar-refractivity contribution < 1.29 is 4.79 Å². The Bertz CT molecular complexity index is 1030. The molecule has 0 radical (unpaired) electrons. The van der Waals surface area contributed by atoms with Crippen LogP contribution in [0.4, 0.5) is 5.69 Å². The smallest absolute Gasteiger partial charge is 0.253 e. The lowest BCUT2D eigenvalue weighted by molar-refractivity contribution is 0.0747. The predicted octanol–water partition coefficient (Wildman–Crippen LogP) is 4.07. The zero-order valence-electron chi connectivity index (χ0n) is 17.6. The molecule has 4 rings (SSSR count). The molecule has 2 aromatic carbocycles. The third-order valence-electron chi connectivity index (χ3n) is 5.85. The molecule has 1 aliphatic heterocycles. The molecule has 1 aromatic heterocycles. The Hall–Kier alpha value is -3.08. The number of amides is 1. The molecule has 1 amide bonds. The van der Waals surface area contributed by atoms with E-state index in [1.54, 1.807) is 0 Å². The molecule has 0 bridgehead atoms. The van der Waals surface area contributed by atoms with Gasteiger partial charge in [-0.05, 0) is 75.2 Å². The average Bonchev–Trinajstić information content (AvgIpc) is 3.08. The highest BCUT2D eigenvalue weighted by atomic mass is 16.2. The van der Waals surface area contributed by atoms with Gasteiger partial charge in [-0.15, -0.1) is 0 Å². The standard InChI is InChI=1S/C24H28N4O/c1-17-6-5-7-23(20(17)4)26-12-14-27(15-13-26)24(29)21-8-10-22(11-9-21)28-19(3)16-18(2)25-28/h5-11,16H,12-15H2,1-4H3. The Balaban J connectivity index is 1.43. The Kier molecular flexibility index (Phi) is 5.14.